The van der Waals surface area contributed by atoms with E-state index < -0.39 is 0 Å². The maximum atomic E-state index is 4.85. The third kappa shape index (κ3) is 2.32. The molecule has 0 aliphatic rings. The molecule has 2 aromatic carbocycles. The van der Waals surface area contributed by atoms with Crippen molar-refractivity contribution in [1.82, 2.24) is 4.98 Å². The van der Waals surface area contributed by atoms with Gasteiger partial charge in [0.05, 0.1) is 11.2 Å². The number of rotatable bonds is 1. The molecule has 0 radical (unpaired) electrons. The first-order valence-electron chi connectivity index (χ1n) is 6.99. The van der Waals surface area contributed by atoms with Crippen molar-refractivity contribution in [3.05, 3.63) is 64.7 Å². The second kappa shape index (κ2) is 4.75. The van der Waals surface area contributed by atoms with Crippen molar-refractivity contribution in [3.63, 3.8) is 0 Å². The minimum atomic E-state index is 1.06. The summed E-state index contributed by atoms with van der Waals surface area (Å²) in [6.07, 6.45) is 0. The zero-order valence-electron chi connectivity index (χ0n) is 12.5. The topological polar surface area (TPSA) is 12.9 Å². The molecule has 1 aromatic heterocycles. The van der Waals surface area contributed by atoms with Crippen molar-refractivity contribution in [2.45, 2.75) is 27.7 Å². The molecule has 0 fully saturated rings. The van der Waals surface area contributed by atoms with E-state index in [1.165, 1.54) is 33.2 Å². The van der Waals surface area contributed by atoms with Crippen LogP contribution in [-0.4, -0.2) is 4.98 Å². The zero-order valence-corrected chi connectivity index (χ0v) is 12.5. The van der Waals surface area contributed by atoms with Gasteiger partial charge < -0.3 is 0 Å². The molecule has 0 spiro atoms. The highest BCUT2D eigenvalue weighted by Gasteiger charge is 2.06. The number of nitrogens with zero attached hydrogens (tertiary/aromatic N) is 1. The molecule has 0 atom stereocenters. The van der Waals surface area contributed by atoms with Crippen LogP contribution in [0.4, 0.5) is 0 Å². The van der Waals surface area contributed by atoms with Crippen LogP contribution in [0.2, 0.25) is 0 Å². The minimum absolute atomic E-state index is 1.06. The van der Waals surface area contributed by atoms with Crippen LogP contribution in [0, 0.1) is 27.7 Å². The summed E-state index contributed by atoms with van der Waals surface area (Å²) >= 11 is 0. The summed E-state index contributed by atoms with van der Waals surface area (Å²) in [5.74, 6) is 0. The van der Waals surface area contributed by atoms with Gasteiger partial charge in [0.15, 0.2) is 0 Å². The van der Waals surface area contributed by atoms with Gasteiger partial charge in [0.1, 0.15) is 0 Å². The lowest BCUT2D eigenvalue weighted by Crippen LogP contribution is -1.91. The molecule has 0 bridgehead atoms. The fourth-order valence-electron chi connectivity index (χ4n) is 2.78. The van der Waals surface area contributed by atoms with Gasteiger partial charge in [-0.3, -0.25) is 0 Å². The first-order chi connectivity index (χ1) is 9.52. The van der Waals surface area contributed by atoms with Gasteiger partial charge in [0.25, 0.3) is 0 Å². The smallest absolute Gasteiger partial charge is 0.0714 e. The Hall–Kier alpha value is -2.15. The number of aromatic nitrogens is 1. The standard InChI is InChI=1S/C19H19N/c1-12-5-6-17-15(4)11-18(20-19(17)10-12)16-8-13(2)7-14(3)9-16/h5-11H,1-4H3. The quantitative estimate of drug-likeness (QED) is 0.591. The van der Waals surface area contributed by atoms with Crippen LogP contribution < -0.4 is 0 Å². The van der Waals surface area contributed by atoms with Gasteiger partial charge in [-0.15, -0.1) is 0 Å². The van der Waals surface area contributed by atoms with Gasteiger partial charge in [-0.05, 0) is 63.1 Å². The Bertz CT molecular complexity index is 780. The van der Waals surface area contributed by atoms with Crippen LogP contribution in [0.25, 0.3) is 22.2 Å². The Balaban J connectivity index is 2.26. The molecule has 0 N–H and O–H groups in total. The molecule has 0 saturated carbocycles. The van der Waals surface area contributed by atoms with Crippen LogP contribution in [0.5, 0.6) is 0 Å². The highest BCUT2D eigenvalue weighted by atomic mass is 14.7. The Morgan fingerprint density at radius 2 is 1.40 bits per heavy atom. The van der Waals surface area contributed by atoms with Gasteiger partial charge in [-0.25, -0.2) is 4.98 Å². The molecule has 3 aromatic rings. The van der Waals surface area contributed by atoms with Crippen molar-refractivity contribution in [2.75, 3.05) is 0 Å². The fourth-order valence-corrected chi connectivity index (χ4v) is 2.78. The molecule has 0 aliphatic carbocycles. The molecule has 3 rings (SSSR count). The number of pyridine rings is 1. The molecular weight excluding hydrogens is 242 g/mol. The molecular formula is C19H19N. The minimum Gasteiger partial charge on any atom is -0.248 e. The highest BCUT2D eigenvalue weighted by Crippen LogP contribution is 2.26. The van der Waals surface area contributed by atoms with E-state index in [4.69, 9.17) is 4.98 Å². The van der Waals surface area contributed by atoms with E-state index in [0.717, 1.165) is 11.2 Å². The Kier molecular flexibility index (Phi) is 3.06. The fraction of sp³-hybridized carbons (Fsp3) is 0.211. The average Bonchev–Trinajstić information content (AvgIpc) is 2.36. The van der Waals surface area contributed by atoms with Crippen LogP contribution in [0.1, 0.15) is 22.3 Å². The van der Waals surface area contributed by atoms with Gasteiger partial charge in [0.2, 0.25) is 0 Å². The SMILES string of the molecule is Cc1cc(C)cc(-c2cc(C)c3ccc(C)cc3n2)c1. The van der Waals surface area contributed by atoms with Gasteiger partial charge in [-0.2, -0.15) is 0 Å². The van der Waals surface area contributed by atoms with Crippen LogP contribution in [0.15, 0.2) is 42.5 Å². The zero-order chi connectivity index (χ0) is 14.3. The van der Waals surface area contributed by atoms with Gasteiger partial charge in [0, 0.05) is 10.9 Å². The summed E-state index contributed by atoms with van der Waals surface area (Å²) in [5, 5.41) is 1.24. The maximum Gasteiger partial charge on any atom is 0.0714 e. The first kappa shape index (κ1) is 12.9. The third-order valence-corrected chi connectivity index (χ3v) is 3.69. The Labute approximate surface area is 120 Å². The van der Waals surface area contributed by atoms with Crippen molar-refractivity contribution < 1.29 is 0 Å². The predicted octanol–water partition coefficient (Wildman–Crippen LogP) is 5.14. The van der Waals surface area contributed by atoms with Crippen molar-refractivity contribution in [1.29, 1.82) is 0 Å². The Morgan fingerprint density at radius 1 is 0.700 bits per heavy atom. The number of aryl methyl sites for hydroxylation is 4. The number of hydrogen-bond acceptors (Lipinski definition) is 1. The molecule has 0 amide bonds. The monoisotopic (exact) mass is 261 g/mol. The molecule has 0 unspecified atom stereocenters. The highest BCUT2D eigenvalue weighted by molar-refractivity contribution is 5.85. The lowest BCUT2D eigenvalue weighted by molar-refractivity contribution is 1.32. The number of benzene rings is 2. The largest absolute Gasteiger partial charge is 0.248 e. The lowest BCUT2D eigenvalue weighted by atomic mass is 10.0. The number of hydrogen-bond donors (Lipinski definition) is 0. The van der Waals surface area contributed by atoms with E-state index >= 15 is 0 Å². The van der Waals surface area contributed by atoms with Crippen LogP contribution in [-0.2, 0) is 0 Å². The van der Waals surface area contributed by atoms with E-state index in [1.54, 1.807) is 0 Å². The Morgan fingerprint density at radius 3 is 2.10 bits per heavy atom. The number of fused-ring (bicyclic) bond motifs is 1. The average molecular weight is 261 g/mol. The van der Waals surface area contributed by atoms with Crippen LogP contribution in [0.3, 0.4) is 0 Å². The van der Waals surface area contributed by atoms with E-state index in [9.17, 15) is 0 Å². The van der Waals surface area contributed by atoms with Gasteiger partial charge >= 0.3 is 0 Å². The summed E-state index contributed by atoms with van der Waals surface area (Å²) < 4.78 is 0. The summed E-state index contributed by atoms with van der Waals surface area (Å²) in [7, 11) is 0. The molecule has 0 saturated heterocycles. The van der Waals surface area contributed by atoms with Gasteiger partial charge in [-0.1, -0.05) is 29.3 Å². The first-order valence-corrected chi connectivity index (χ1v) is 6.99. The molecule has 1 nitrogen and oxygen atoms in total. The molecule has 20 heavy (non-hydrogen) atoms. The predicted molar refractivity (Wildman–Crippen MR) is 86.1 cm³/mol. The molecule has 1 heterocycles. The normalized spacial score (nSPS) is 11.0. The summed E-state index contributed by atoms with van der Waals surface area (Å²) in [6.45, 7) is 8.54. The van der Waals surface area contributed by atoms with Crippen molar-refractivity contribution in [3.8, 4) is 11.3 Å². The summed E-state index contributed by atoms with van der Waals surface area (Å²) in [6, 6.07) is 15.3. The van der Waals surface area contributed by atoms with E-state index in [0.29, 0.717) is 0 Å². The maximum absolute atomic E-state index is 4.85. The van der Waals surface area contributed by atoms with Crippen molar-refractivity contribution >= 4 is 10.9 Å². The van der Waals surface area contributed by atoms with Crippen molar-refractivity contribution in [2.24, 2.45) is 0 Å². The lowest BCUT2D eigenvalue weighted by Gasteiger charge is -2.09. The van der Waals surface area contributed by atoms with E-state index in [2.05, 4.69) is 70.2 Å². The second-order valence-corrected chi connectivity index (χ2v) is 5.72. The third-order valence-electron chi connectivity index (χ3n) is 3.69. The van der Waals surface area contributed by atoms with Crippen LogP contribution >= 0.6 is 0 Å². The second-order valence-electron chi connectivity index (χ2n) is 5.72. The molecule has 100 valence electrons. The molecule has 1 heteroatoms. The summed E-state index contributed by atoms with van der Waals surface area (Å²) in [4.78, 5) is 4.85. The van der Waals surface area contributed by atoms with E-state index in [1.807, 2.05) is 0 Å². The summed E-state index contributed by atoms with van der Waals surface area (Å²) in [5.41, 5.74) is 8.44. The van der Waals surface area contributed by atoms with E-state index in [-0.39, 0.29) is 0 Å². The molecule has 0 aliphatic heterocycles.